The van der Waals surface area contributed by atoms with Crippen molar-refractivity contribution in [2.45, 2.75) is 63.4 Å². The van der Waals surface area contributed by atoms with Gasteiger partial charge in [-0.2, -0.15) is 13.2 Å². The standard InChI is InChI=1S/C14H25F3N2O/c1-2-7-18-12(5-6-14(15,16)17)13-9-19-8-3-4-11(19)10-20-13/h11-13,18H,2-10H2,1H3. The number of fused-ring (bicyclic) bond motifs is 1. The summed E-state index contributed by atoms with van der Waals surface area (Å²) in [6, 6.07) is 0.291. The van der Waals surface area contributed by atoms with E-state index in [-0.39, 0.29) is 18.6 Å². The number of rotatable bonds is 6. The SMILES string of the molecule is CCCNC(CCC(F)(F)F)C1CN2CCCC2CO1. The van der Waals surface area contributed by atoms with Crippen LogP contribution in [0.15, 0.2) is 0 Å². The van der Waals surface area contributed by atoms with Crippen LogP contribution in [-0.4, -0.2) is 55.5 Å². The summed E-state index contributed by atoms with van der Waals surface area (Å²) < 4.78 is 43.2. The summed E-state index contributed by atoms with van der Waals surface area (Å²) in [5.74, 6) is 0. The molecule has 3 unspecified atom stereocenters. The zero-order chi connectivity index (χ0) is 14.6. The fourth-order valence-electron chi connectivity index (χ4n) is 3.15. The number of morpholine rings is 1. The Morgan fingerprint density at radius 1 is 1.40 bits per heavy atom. The molecule has 0 radical (unpaired) electrons. The summed E-state index contributed by atoms with van der Waals surface area (Å²) in [6.45, 7) is 5.26. The molecule has 2 rings (SSSR count). The molecule has 2 aliphatic heterocycles. The van der Waals surface area contributed by atoms with E-state index in [0.29, 0.717) is 12.6 Å². The van der Waals surface area contributed by atoms with Crippen molar-refractivity contribution in [1.82, 2.24) is 10.2 Å². The molecular weight excluding hydrogens is 269 g/mol. The van der Waals surface area contributed by atoms with E-state index in [9.17, 15) is 13.2 Å². The highest BCUT2D eigenvalue weighted by molar-refractivity contribution is 4.90. The Morgan fingerprint density at radius 2 is 2.20 bits per heavy atom. The van der Waals surface area contributed by atoms with Crippen LogP contribution in [-0.2, 0) is 4.74 Å². The van der Waals surface area contributed by atoms with Gasteiger partial charge >= 0.3 is 6.18 Å². The van der Waals surface area contributed by atoms with Gasteiger partial charge in [-0.05, 0) is 38.8 Å². The van der Waals surface area contributed by atoms with E-state index in [1.807, 2.05) is 6.92 Å². The molecule has 0 bridgehead atoms. The first-order chi connectivity index (χ1) is 9.49. The third kappa shape index (κ3) is 4.60. The molecule has 6 heteroatoms. The second kappa shape index (κ2) is 7.09. The molecule has 20 heavy (non-hydrogen) atoms. The summed E-state index contributed by atoms with van der Waals surface area (Å²) in [5, 5.41) is 3.24. The van der Waals surface area contributed by atoms with Crippen LogP contribution in [0.2, 0.25) is 0 Å². The number of hydrogen-bond donors (Lipinski definition) is 1. The third-order valence-corrected chi connectivity index (χ3v) is 4.26. The monoisotopic (exact) mass is 294 g/mol. The van der Waals surface area contributed by atoms with Crippen LogP contribution in [0.3, 0.4) is 0 Å². The van der Waals surface area contributed by atoms with Crippen molar-refractivity contribution in [3.8, 4) is 0 Å². The number of nitrogens with one attached hydrogen (secondary N) is 1. The van der Waals surface area contributed by atoms with Gasteiger partial charge in [-0.25, -0.2) is 0 Å². The number of ether oxygens (including phenoxy) is 1. The molecule has 0 amide bonds. The number of nitrogens with zero attached hydrogens (tertiary/aromatic N) is 1. The molecule has 0 spiro atoms. The highest BCUT2D eigenvalue weighted by Gasteiger charge is 2.37. The van der Waals surface area contributed by atoms with Crippen LogP contribution in [0.1, 0.15) is 39.0 Å². The van der Waals surface area contributed by atoms with Gasteiger partial charge in [0.05, 0.1) is 12.7 Å². The molecular formula is C14H25F3N2O. The van der Waals surface area contributed by atoms with Crippen molar-refractivity contribution >= 4 is 0 Å². The number of hydrogen-bond acceptors (Lipinski definition) is 3. The van der Waals surface area contributed by atoms with Crippen LogP contribution in [0.5, 0.6) is 0 Å². The van der Waals surface area contributed by atoms with Crippen molar-refractivity contribution in [3.05, 3.63) is 0 Å². The van der Waals surface area contributed by atoms with E-state index < -0.39 is 12.6 Å². The predicted molar refractivity (Wildman–Crippen MR) is 71.7 cm³/mol. The lowest BCUT2D eigenvalue weighted by molar-refractivity contribution is -0.140. The van der Waals surface area contributed by atoms with Crippen molar-refractivity contribution < 1.29 is 17.9 Å². The second-order valence-electron chi connectivity index (χ2n) is 5.88. The quantitative estimate of drug-likeness (QED) is 0.815. The Hall–Kier alpha value is -0.330. The van der Waals surface area contributed by atoms with Crippen molar-refractivity contribution in [2.24, 2.45) is 0 Å². The van der Waals surface area contributed by atoms with Crippen molar-refractivity contribution in [3.63, 3.8) is 0 Å². The van der Waals surface area contributed by atoms with Crippen LogP contribution < -0.4 is 5.32 Å². The van der Waals surface area contributed by atoms with E-state index in [4.69, 9.17) is 4.74 Å². The molecule has 3 nitrogen and oxygen atoms in total. The molecule has 2 fully saturated rings. The molecule has 0 saturated carbocycles. The lowest BCUT2D eigenvalue weighted by atomic mass is 10.0. The van der Waals surface area contributed by atoms with Crippen LogP contribution in [0.25, 0.3) is 0 Å². The predicted octanol–water partition coefficient (Wildman–Crippen LogP) is 2.56. The average molecular weight is 294 g/mol. The molecule has 1 N–H and O–H groups in total. The maximum Gasteiger partial charge on any atom is 0.389 e. The zero-order valence-electron chi connectivity index (χ0n) is 12.1. The van der Waals surface area contributed by atoms with Gasteiger partial charge < -0.3 is 10.1 Å². The van der Waals surface area contributed by atoms with Gasteiger partial charge in [-0.1, -0.05) is 6.92 Å². The highest BCUT2D eigenvalue weighted by Crippen LogP contribution is 2.27. The summed E-state index contributed by atoms with van der Waals surface area (Å²) in [5.41, 5.74) is 0. The molecule has 0 aromatic rings. The van der Waals surface area contributed by atoms with E-state index >= 15 is 0 Å². The normalized spacial score (nSPS) is 29.4. The Balaban J connectivity index is 1.88. The lowest BCUT2D eigenvalue weighted by Gasteiger charge is -2.39. The van der Waals surface area contributed by atoms with Gasteiger partial charge in [0, 0.05) is 25.0 Å². The zero-order valence-corrected chi connectivity index (χ0v) is 12.1. The maximum absolute atomic E-state index is 12.4. The minimum absolute atomic E-state index is 0.104. The van der Waals surface area contributed by atoms with E-state index in [0.717, 1.165) is 32.5 Å². The smallest absolute Gasteiger partial charge is 0.374 e. The molecule has 0 aliphatic carbocycles. The topological polar surface area (TPSA) is 24.5 Å². The molecule has 2 heterocycles. The van der Waals surface area contributed by atoms with Gasteiger partial charge in [0.1, 0.15) is 0 Å². The van der Waals surface area contributed by atoms with E-state index in [1.54, 1.807) is 0 Å². The molecule has 118 valence electrons. The van der Waals surface area contributed by atoms with Crippen molar-refractivity contribution in [1.29, 1.82) is 0 Å². The summed E-state index contributed by atoms with van der Waals surface area (Å²) in [7, 11) is 0. The van der Waals surface area contributed by atoms with Gasteiger partial charge in [-0.3, -0.25) is 4.90 Å². The van der Waals surface area contributed by atoms with Gasteiger partial charge in [0.15, 0.2) is 0 Å². The fourth-order valence-corrected chi connectivity index (χ4v) is 3.15. The van der Waals surface area contributed by atoms with Crippen molar-refractivity contribution in [2.75, 3.05) is 26.2 Å². The fraction of sp³-hybridized carbons (Fsp3) is 1.00. The summed E-state index contributed by atoms with van der Waals surface area (Å²) >= 11 is 0. The number of halogens is 3. The lowest BCUT2D eigenvalue weighted by Crippen LogP contribution is -2.54. The highest BCUT2D eigenvalue weighted by atomic mass is 19.4. The second-order valence-corrected chi connectivity index (χ2v) is 5.88. The Labute approximate surface area is 118 Å². The first kappa shape index (κ1) is 16.0. The maximum atomic E-state index is 12.4. The van der Waals surface area contributed by atoms with Gasteiger partial charge in [-0.15, -0.1) is 0 Å². The Bertz CT molecular complexity index is 299. The van der Waals surface area contributed by atoms with Gasteiger partial charge in [0.2, 0.25) is 0 Å². The number of alkyl halides is 3. The molecule has 3 atom stereocenters. The summed E-state index contributed by atoms with van der Waals surface area (Å²) in [4.78, 5) is 2.38. The Kier molecular flexibility index (Phi) is 5.69. The van der Waals surface area contributed by atoms with Crippen LogP contribution in [0, 0.1) is 0 Å². The molecule has 0 aromatic carbocycles. The van der Waals surface area contributed by atoms with E-state index in [2.05, 4.69) is 10.2 Å². The minimum atomic E-state index is -4.09. The first-order valence-corrected chi connectivity index (χ1v) is 7.65. The average Bonchev–Trinajstić information content (AvgIpc) is 2.85. The van der Waals surface area contributed by atoms with Gasteiger partial charge in [0.25, 0.3) is 0 Å². The largest absolute Gasteiger partial charge is 0.389 e. The molecule has 2 saturated heterocycles. The summed E-state index contributed by atoms with van der Waals surface area (Å²) in [6.07, 6.45) is -1.58. The van der Waals surface area contributed by atoms with E-state index in [1.165, 1.54) is 6.42 Å². The molecule has 2 aliphatic rings. The molecule has 0 aromatic heterocycles. The minimum Gasteiger partial charge on any atom is -0.374 e. The van der Waals surface area contributed by atoms with Crippen LogP contribution >= 0.6 is 0 Å². The third-order valence-electron chi connectivity index (χ3n) is 4.26. The van der Waals surface area contributed by atoms with Crippen LogP contribution in [0.4, 0.5) is 13.2 Å². The first-order valence-electron chi connectivity index (χ1n) is 7.65. The Morgan fingerprint density at radius 3 is 2.90 bits per heavy atom.